The lowest BCUT2D eigenvalue weighted by Crippen LogP contribution is -2.14. The lowest BCUT2D eigenvalue weighted by atomic mass is 10.2. The third-order valence-electron chi connectivity index (χ3n) is 3.94. The van der Waals surface area contributed by atoms with Gasteiger partial charge in [-0.3, -0.25) is 19.4 Å². The summed E-state index contributed by atoms with van der Waals surface area (Å²) in [6.45, 7) is 0. The number of carbonyl (C=O) groups excluding carboxylic acids is 2. The molecule has 0 fully saturated rings. The molecule has 0 aliphatic carbocycles. The van der Waals surface area contributed by atoms with E-state index in [9.17, 15) is 9.59 Å². The van der Waals surface area contributed by atoms with E-state index in [0.29, 0.717) is 28.5 Å². The van der Waals surface area contributed by atoms with E-state index in [2.05, 4.69) is 25.9 Å². The first-order chi connectivity index (χ1) is 13.6. The molecule has 4 rings (SSSR count). The molecule has 0 bridgehead atoms. The van der Waals surface area contributed by atoms with Gasteiger partial charge in [0.2, 0.25) is 0 Å². The molecule has 0 radical (unpaired) electrons. The molecule has 0 aliphatic rings. The van der Waals surface area contributed by atoms with Gasteiger partial charge in [-0.15, -0.1) is 0 Å². The van der Waals surface area contributed by atoms with Crippen LogP contribution in [0.25, 0.3) is 11.5 Å². The fraction of sp³-hybridized carbons (Fsp3) is 0.0526. The molecule has 28 heavy (non-hydrogen) atoms. The Morgan fingerprint density at radius 2 is 1.68 bits per heavy atom. The highest BCUT2D eigenvalue weighted by Crippen LogP contribution is 2.19. The van der Waals surface area contributed by atoms with Crippen LogP contribution in [0.3, 0.4) is 0 Å². The number of hydrogen-bond donors (Lipinski definition) is 3. The van der Waals surface area contributed by atoms with Gasteiger partial charge in [0.05, 0.1) is 6.26 Å². The molecule has 0 aliphatic heterocycles. The van der Waals surface area contributed by atoms with Crippen molar-refractivity contribution in [1.82, 2.24) is 20.0 Å². The summed E-state index contributed by atoms with van der Waals surface area (Å²) in [5.41, 5.74) is 2.34. The molecular formula is C19H16N6O3. The second kappa shape index (κ2) is 7.23. The minimum atomic E-state index is -0.362. The SMILES string of the molecule is Cn1ccc(C(=O)Nc2ccc(NC(=O)c3cc(-c4ccco4)[nH]n3)cc2)n1. The van der Waals surface area contributed by atoms with Gasteiger partial charge in [-0.2, -0.15) is 10.2 Å². The largest absolute Gasteiger partial charge is 0.463 e. The highest BCUT2D eigenvalue weighted by atomic mass is 16.3. The van der Waals surface area contributed by atoms with Crippen LogP contribution in [0, 0.1) is 0 Å². The molecule has 3 heterocycles. The van der Waals surface area contributed by atoms with Crippen molar-refractivity contribution in [3.05, 3.63) is 72.4 Å². The predicted octanol–water partition coefficient (Wildman–Crippen LogP) is 2.91. The number of nitrogens with zero attached hydrogens (tertiary/aromatic N) is 3. The lowest BCUT2D eigenvalue weighted by Gasteiger charge is -2.06. The Hall–Kier alpha value is -4.14. The van der Waals surface area contributed by atoms with Crippen molar-refractivity contribution in [1.29, 1.82) is 0 Å². The van der Waals surface area contributed by atoms with Crippen molar-refractivity contribution >= 4 is 23.2 Å². The molecule has 3 aromatic heterocycles. The second-order valence-corrected chi connectivity index (χ2v) is 6.00. The standard InChI is InChI=1S/C19H16N6O3/c1-25-9-8-14(24-25)18(26)20-12-4-6-13(7-5-12)21-19(27)16-11-15(22-23-16)17-3-2-10-28-17/h2-11H,1H3,(H,20,26)(H,21,27)(H,22,23). The fourth-order valence-corrected chi connectivity index (χ4v) is 2.56. The summed E-state index contributed by atoms with van der Waals surface area (Å²) in [4.78, 5) is 24.4. The molecule has 3 N–H and O–H groups in total. The Morgan fingerprint density at radius 3 is 2.25 bits per heavy atom. The van der Waals surface area contributed by atoms with Crippen molar-refractivity contribution in [3.63, 3.8) is 0 Å². The van der Waals surface area contributed by atoms with Crippen LogP contribution < -0.4 is 10.6 Å². The van der Waals surface area contributed by atoms with Gasteiger partial charge in [0.1, 0.15) is 5.69 Å². The van der Waals surface area contributed by atoms with Crippen molar-refractivity contribution in [3.8, 4) is 11.5 Å². The van der Waals surface area contributed by atoms with Gasteiger partial charge in [0.25, 0.3) is 11.8 Å². The van der Waals surface area contributed by atoms with E-state index >= 15 is 0 Å². The lowest BCUT2D eigenvalue weighted by molar-refractivity contribution is 0.101. The summed E-state index contributed by atoms with van der Waals surface area (Å²) in [5, 5.41) is 16.3. The van der Waals surface area contributed by atoms with E-state index in [1.54, 1.807) is 72.7 Å². The quantitative estimate of drug-likeness (QED) is 0.495. The number of nitrogens with one attached hydrogen (secondary N) is 3. The molecular weight excluding hydrogens is 360 g/mol. The number of aromatic nitrogens is 4. The van der Waals surface area contributed by atoms with Gasteiger partial charge in [0, 0.05) is 30.7 Å². The van der Waals surface area contributed by atoms with Gasteiger partial charge in [-0.05, 0) is 42.5 Å². The summed E-state index contributed by atoms with van der Waals surface area (Å²) < 4.78 is 6.82. The monoisotopic (exact) mass is 376 g/mol. The van der Waals surface area contributed by atoms with Crippen molar-refractivity contribution in [2.75, 3.05) is 10.6 Å². The highest BCUT2D eigenvalue weighted by molar-refractivity contribution is 6.04. The van der Waals surface area contributed by atoms with Gasteiger partial charge in [0.15, 0.2) is 17.1 Å². The summed E-state index contributed by atoms with van der Waals surface area (Å²) in [7, 11) is 1.74. The summed E-state index contributed by atoms with van der Waals surface area (Å²) in [6.07, 6.45) is 3.24. The average Bonchev–Trinajstić information content (AvgIpc) is 3.44. The number of furan rings is 1. The molecule has 2 amide bonds. The van der Waals surface area contributed by atoms with Crippen LogP contribution in [0.5, 0.6) is 0 Å². The maximum Gasteiger partial charge on any atom is 0.276 e. The van der Waals surface area contributed by atoms with Gasteiger partial charge in [-0.25, -0.2) is 0 Å². The molecule has 140 valence electrons. The number of aromatic amines is 1. The molecule has 1 aromatic carbocycles. The van der Waals surface area contributed by atoms with Crippen LogP contribution in [-0.4, -0.2) is 31.8 Å². The summed E-state index contributed by atoms with van der Waals surface area (Å²) in [6, 6.07) is 13.5. The predicted molar refractivity (Wildman–Crippen MR) is 102 cm³/mol. The number of amides is 2. The minimum Gasteiger partial charge on any atom is -0.463 e. The number of benzene rings is 1. The third-order valence-corrected chi connectivity index (χ3v) is 3.94. The molecule has 9 heteroatoms. The maximum absolute atomic E-state index is 12.3. The topological polar surface area (TPSA) is 118 Å². The van der Waals surface area contributed by atoms with E-state index in [1.165, 1.54) is 0 Å². The van der Waals surface area contributed by atoms with E-state index in [4.69, 9.17) is 4.42 Å². The zero-order valence-corrected chi connectivity index (χ0v) is 14.8. The number of hydrogen-bond acceptors (Lipinski definition) is 5. The Labute approximate surface area is 159 Å². The first-order valence-electron chi connectivity index (χ1n) is 8.40. The van der Waals surface area contributed by atoms with Crippen LogP contribution >= 0.6 is 0 Å². The smallest absolute Gasteiger partial charge is 0.276 e. The van der Waals surface area contributed by atoms with E-state index < -0.39 is 0 Å². The van der Waals surface area contributed by atoms with Gasteiger partial charge in [-0.1, -0.05) is 0 Å². The first kappa shape index (κ1) is 17.3. The Morgan fingerprint density at radius 1 is 1.00 bits per heavy atom. The van der Waals surface area contributed by atoms with Crippen LogP contribution in [0.15, 0.2) is 65.4 Å². The van der Waals surface area contributed by atoms with Crippen LogP contribution in [0.4, 0.5) is 11.4 Å². The van der Waals surface area contributed by atoms with E-state index in [1.807, 2.05) is 0 Å². The zero-order chi connectivity index (χ0) is 19.5. The second-order valence-electron chi connectivity index (χ2n) is 6.00. The van der Waals surface area contributed by atoms with Gasteiger partial charge < -0.3 is 15.1 Å². The third kappa shape index (κ3) is 3.68. The summed E-state index contributed by atoms with van der Waals surface area (Å²) >= 11 is 0. The summed E-state index contributed by atoms with van der Waals surface area (Å²) in [5.74, 6) is -0.0711. The normalized spacial score (nSPS) is 10.6. The molecule has 0 atom stereocenters. The first-order valence-corrected chi connectivity index (χ1v) is 8.40. The highest BCUT2D eigenvalue weighted by Gasteiger charge is 2.13. The molecule has 0 spiro atoms. The molecule has 0 saturated heterocycles. The number of rotatable bonds is 5. The number of aryl methyl sites for hydroxylation is 1. The number of carbonyl (C=O) groups is 2. The number of H-pyrrole nitrogens is 1. The van der Waals surface area contributed by atoms with E-state index in [0.717, 1.165) is 0 Å². The molecule has 4 aromatic rings. The van der Waals surface area contributed by atoms with Crippen LogP contribution in [0.2, 0.25) is 0 Å². The van der Waals surface area contributed by atoms with Gasteiger partial charge >= 0.3 is 0 Å². The Kier molecular flexibility index (Phi) is 4.47. The number of anilines is 2. The molecule has 0 saturated carbocycles. The van der Waals surface area contributed by atoms with E-state index in [-0.39, 0.29) is 17.5 Å². The van der Waals surface area contributed by atoms with Crippen LogP contribution in [0.1, 0.15) is 21.0 Å². The Bertz CT molecular complexity index is 1110. The van der Waals surface area contributed by atoms with Crippen molar-refractivity contribution in [2.45, 2.75) is 0 Å². The molecule has 0 unspecified atom stereocenters. The Balaban J connectivity index is 1.39. The zero-order valence-electron chi connectivity index (χ0n) is 14.8. The van der Waals surface area contributed by atoms with Crippen molar-refractivity contribution in [2.24, 2.45) is 7.05 Å². The molecule has 9 nitrogen and oxygen atoms in total. The fourth-order valence-electron chi connectivity index (χ4n) is 2.56. The average molecular weight is 376 g/mol. The minimum absolute atomic E-state index is 0.235. The maximum atomic E-state index is 12.3. The van der Waals surface area contributed by atoms with Crippen molar-refractivity contribution < 1.29 is 14.0 Å². The van der Waals surface area contributed by atoms with Crippen LogP contribution in [-0.2, 0) is 7.05 Å².